The molecule has 1 aromatic heterocycles. The summed E-state index contributed by atoms with van der Waals surface area (Å²) < 4.78 is 5.48. The van der Waals surface area contributed by atoms with Crippen molar-refractivity contribution in [3.8, 4) is 0 Å². The van der Waals surface area contributed by atoms with Gasteiger partial charge in [0.15, 0.2) is 0 Å². The van der Waals surface area contributed by atoms with E-state index in [1.807, 2.05) is 19.1 Å². The van der Waals surface area contributed by atoms with Crippen molar-refractivity contribution < 1.29 is 4.42 Å². The van der Waals surface area contributed by atoms with Crippen molar-refractivity contribution in [1.82, 2.24) is 0 Å². The molecule has 18 heavy (non-hydrogen) atoms. The third-order valence-electron chi connectivity index (χ3n) is 3.44. The van der Waals surface area contributed by atoms with Crippen LogP contribution < -0.4 is 5.63 Å². The quantitative estimate of drug-likeness (QED) is 0.597. The van der Waals surface area contributed by atoms with E-state index in [4.69, 9.17) is 4.42 Å². The Morgan fingerprint density at radius 3 is 2.56 bits per heavy atom. The van der Waals surface area contributed by atoms with Crippen LogP contribution in [0.2, 0.25) is 0 Å². The fraction of sp³-hybridized carbons (Fsp3) is 0.438. The summed E-state index contributed by atoms with van der Waals surface area (Å²) in [5.41, 5.74) is 3.56. The molecule has 0 unspecified atom stereocenters. The summed E-state index contributed by atoms with van der Waals surface area (Å²) in [4.78, 5) is 11.9. The van der Waals surface area contributed by atoms with E-state index in [0.29, 0.717) is 0 Å². The summed E-state index contributed by atoms with van der Waals surface area (Å²) in [7, 11) is 0. The molecular formula is C16H20O2. The van der Waals surface area contributed by atoms with Crippen molar-refractivity contribution in [2.75, 3.05) is 0 Å². The smallest absolute Gasteiger partial charge is 0.339 e. The van der Waals surface area contributed by atoms with Gasteiger partial charge in [-0.15, -0.1) is 0 Å². The highest BCUT2D eigenvalue weighted by atomic mass is 16.4. The van der Waals surface area contributed by atoms with Crippen molar-refractivity contribution in [3.05, 3.63) is 45.3 Å². The standard InChI is InChI=1S/C16H20O2/c1-4-5-6-7-13-10-14-11(2)8-9-12(3)15(14)18-16(13)17/h8-10H,4-7H2,1-3H3. The van der Waals surface area contributed by atoms with Crippen LogP contribution in [0.15, 0.2) is 27.4 Å². The second-order valence-electron chi connectivity index (χ2n) is 4.96. The van der Waals surface area contributed by atoms with Crippen LogP contribution in [-0.4, -0.2) is 0 Å². The molecule has 2 nitrogen and oxygen atoms in total. The van der Waals surface area contributed by atoms with E-state index in [1.54, 1.807) is 0 Å². The van der Waals surface area contributed by atoms with Gasteiger partial charge in [-0.2, -0.15) is 0 Å². The maximum absolute atomic E-state index is 11.9. The Morgan fingerprint density at radius 2 is 1.83 bits per heavy atom. The van der Waals surface area contributed by atoms with Gasteiger partial charge in [0.2, 0.25) is 0 Å². The molecule has 0 aliphatic rings. The zero-order valence-electron chi connectivity index (χ0n) is 11.4. The summed E-state index contributed by atoms with van der Waals surface area (Å²) in [5.74, 6) is 0. The van der Waals surface area contributed by atoms with Crippen LogP contribution in [0.1, 0.15) is 42.9 Å². The monoisotopic (exact) mass is 244 g/mol. The molecule has 0 aliphatic carbocycles. The highest BCUT2D eigenvalue weighted by Crippen LogP contribution is 2.22. The van der Waals surface area contributed by atoms with Crippen molar-refractivity contribution >= 4 is 11.0 Å². The van der Waals surface area contributed by atoms with Crippen LogP contribution in [0.5, 0.6) is 0 Å². The number of unbranched alkanes of at least 4 members (excludes halogenated alkanes) is 2. The molecular weight excluding hydrogens is 224 g/mol. The van der Waals surface area contributed by atoms with E-state index in [1.165, 1.54) is 0 Å². The number of fused-ring (bicyclic) bond motifs is 1. The van der Waals surface area contributed by atoms with E-state index in [-0.39, 0.29) is 5.63 Å². The summed E-state index contributed by atoms with van der Waals surface area (Å²) in [5, 5.41) is 1.07. The molecule has 0 aliphatic heterocycles. The van der Waals surface area contributed by atoms with E-state index in [9.17, 15) is 4.79 Å². The number of aryl methyl sites for hydroxylation is 3. The zero-order valence-corrected chi connectivity index (χ0v) is 11.4. The second kappa shape index (κ2) is 5.38. The van der Waals surface area contributed by atoms with E-state index in [2.05, 4.69) is 19.9 Å². The SMILES string of the molecule is CCCCCc1cc2c(C)ccc(C)c2oc1=O. The lowest BCUT2D eigenvalue weighted by Crippen LogP contribution is -2.07. The third kappa shape index (κ3) is 2.47. The highest BCUT2D eigenvalue weighted by molar-refractivity contribution is 5.83. The Hall–Kier alpha value is -1.57. The Morgan fingerprint density at radius 1 is 1.11 bits per heavy atom. The number of hydrogen-bond acceptors (Lipinski definition) is 2. The lowest BCUT2D eigenvalue weighted by molar-refractivity contribution is 0.543. The molecule has 2 aromatic rings. The summed E-state index contributed by atoms with van der Waals surface area (Å²) in [6.45, 7) is 6.19. The average molecular weight is 244 g/mol. The van der Waals surface area contributed by atoms with Gasteiger partial charge in [-0.25, -0.2) is 4.79 Å². The molecule has 0 amide bonds. The molecule has 0 spiro atoms. The van der Waals surface area contributed by atoms with E-state index < -0.39 is 0 Å². The van der Waals surface area contributed by atoms with Gasteiger partial charge >= 0.3 is 5.63 Å². The molecule has 96 valence electrons. The summed E-state index contributed by atoms with van der Waals surface area (Å²) >= 11 is 0. The Bertz CT molecular complexity index is 608. The van der Waals surface area contributed by atoms with Crippen molar-refractivity contribution in [3.63, 3.8) is 0 Å². The topological polar surface area (TPSA) is 30.2 Å². The van der Waals surface area contributed by atoms with Gasteiger partial charge in [0, 0.05) is 10.9 Å². The van der Waals surface area contributed by atoms with Crippen molar-refractivity contribution in [2.24, 2.45) is 0 Å². The molecule has 0 saturated carbocycles. The lowest BCUT2D eigenvalue weighted by Gasteiger charge is -2.06. The molecule has 2 heteroatoms. The van der Waals surface area contributed by atoms with Gasteiger partial charge in [0.05, 0.1) is 0 Å². The van der Waals surface area contributed by atoms with Gasteiger partial charge in [0.1, 0.15) is 5.58 Å². The Balaban J connectivity index is 2.47. The number of benzene rings is 1. The minimum Gasteiger partial charge on any atom is -0.422 e. The molecule has 1 heterocycles. The first-order chi connectivity index (χ1) is 8.63. The predicted molar refractivity (Wildman–Crippen MR) is 75.2 cm³/mol. The van der Waals surface area contributed by atoms with Crippen LogP contribution in [0.25, 0.3) is 11.0 Å². The van der Waals surface area contributed by atoms with E-state index in [0.717, 1.165) is 53.3 Å². The van der Waals surface area contributed by atoms with Gasteiger partial charge in [0.25, 0.3) is 0 Å². The highest BCUT2D eigenvalue weighted by Gasteiger charge is 2.08. The first-order valence-corrected chi connectivity index (χ1v) is 6.66. The lowest BCUT2D eigenvalue weighted by atomic mass is 10.0. The molecule has 0 N–H and O–H groups in total. The minimum atomic E-state index is -0.174. The van der Waals surface area contributed by atoms with Crippen LogP contribution >= 0.6 is 0 Å². The third-order valence-corrected chi connectivity index (χ3v) is 3.44. The Labute approximate surface area is 108 Å². The molecule has 2 rings (SSSR count). The molecule has 1 aromatic carbocycles. The zero-order chi connectivity index (χ0) is 13.1. The largest absolute Gasteiger partial charge is 0.422 e. The normalized spacial score (nSPS) is 11.1. The van der Waals surface area contributed by atoms with Crippen LogP contribution in [0.4, 0.5) is 0 Å². The van der Waals surface area contributed by atoms with Gasteiger partial charge in [-0.1, -0.05) is 31.9 Å². The maximum atomic E-state index is 11.9. The fourth-order valence-electron chi connectivity index (χ4n) is 2.25. The fourth-order valence-corrected chi connectivity index (χ4v) is 2.25. The molecule has 0 bridgehead atoms. The number of rotatable bonds is 4. The molecule has 0 fully saturated rings. The van der Waals surface area contributed by atoms with Gasteiger partial charge in [-0.3, -0.25) is 0 Å². The van der Waals surface area contributed by atoms with Crippen LogP contribution in [0, 0.1) is 13.8 Å². The second-order valence-corrected chi connectivity index (χ2v) is 4.96. The van der Waals surface area contributed by atoms with Gasteiger partial charge < -0.3 is 4.42 Å². The Kier molecular flexibility index (Phi) is 3.85. The van der Waals surface area contributed by atoms with Crippen LogP contribution in [0.3, 0.4) is 0 Å². The minimum absolute atomic E-state index is 0.174. The predicted octanol–water partition coefficient (Wildman–Crippen LogP) is 4.14. The molecule has 0 radical (unpaired) electrons. The van der Waals surface area contributed by atoms with E-state index >= 15 is 0 Å². The molecule has 0 saturated heterocycles. The average Bonchev–Trinajstić information content (AvgIpc) is 2.36. The van der Waals surface area contributed by atoms with Crippen LogP contribution in [-0.2, 0) is 6.42 Å². The number of hydrogen-bond donors (Lipinski definition) is 0. The van der Waals surface area contributed by atoms with Crippen molar-refractivity contribution in [1.29, 1.82) is 0 Å². The van der Waals surface area contributed by atoms with Gasteiger partial charge in [-0.05, 0) is 43.9 Å². The maximum Gasteiger partial charge on any atom is 0.339 e. The van der Waals surface area contributed by atoms with Crippen molar-refractivity contribution in [2.45, 2.75) is 46.5 Å². The summed E-state index contributed by atoms with van der Waals surface area (Å²) in [6.07, 6.45) is 4.19. The molecule has 0 atom stereocenters. The first-order valence-electron chi connectivity index (χ1n) is 6.66. The first kappa shape index (κ1) is 12.9. The summed E-state index contributed by atoms with van der Waals surface area (Å²) in [6, 6.07) is 6.09.